The van der Waals surface area contributed by atoms with Crippen molar-refractivity contribution in [2.75, 3.05) is 4.90 Å². The van der Waals surface area contributed by atoms with Gasteiger partial charge in [-0.25, -0.2) is 9.69 Å². The summed E-state index contributed by atoms with van der Waals surface area (Å²) in [6.07, 6.45) is 9.07. The summed E-state index contributed by atoms with van der Waals surface area (Å²) in [4.78, 5) is 40.2. The maximum atomic E-state index is 13.6. The number of ether oxygens (including phenoxy) is 1. The molecule has 1 N–H and O–H groups in total. The molecule has 5 aliphatic rings. The van der Waals surface area contributed by atoms with Gasteiger partial charge < -0.3 is 4.74 Å². The van der Waals surface area contributed by atoms with Crippen molar-refractivity contribution >= 4 is 76.0 Å². The Labute approximate surface area is 275 Å². The zero-order valence-electron chi connectivity index (χ0n) is 23.5. The minimum Gasteiger partial charge on any atom is -0.486 e. The summed E-state index contributed by atoms with van der Waals surface area (Å²) in [5, 5.41) is 3.57. The molecule has 1 heterocycles. The van der Waals surface area contributed by atoms with E-state index in [-0.39, 0.29) is 33.4 Å². The smallest absolute Gasteiger partial charge is 0.335 e. The molecule has 0 atom stereocenters. The first-order valence-electron chi connectivity index (χ1n) is 14.7. The number of hydrogen-bond donors (Lipinski definition) is 1. The number of carbonyl (C=O) groups excluding carboxylic acids is 3. The number of barbiturate groups is 1. The largest absolute Gasteiger partial charge is 0.486 e. The van der Waals surface area contributed by atoms with Gasteiger partial charge in [-0.1, -0.05) is 64.6 Å². The molecular formula is C34H28Cl4N2O4. The topological polar surface area (TPSA) is 75.7 Å². The monoisotopic (exact) mass is 668 g/mol. The Morgan fingerprint density at radius 3 is 2.02 bits per heavy atom. The van der Waals surface area contributed by atoms with Crippen molar-refractivity contribution in [1.29, 1.82) is 0 Å². The van der Waals surface area contributed by atoms with Gasteiger partial charge in [0, 0.05) is 15.6 Å². The fourth-order valence-electron chi connectivity index (χ4n) is 8.08. The molecule has 0 aromatic heterocycles. The molecule has 5 fully saturated rings. The Morgan fingerprint density at radius 2 is 1.43 bits per heavy atom. The van der Waals surface area contributed by atoms with E-state index in [1.807, 2.05) is 12.1 Å². The number of urea groups is 1. The molecular weight excluding hydrogens is 642 g/mol. The molecule has 1 saturated heterocycles. The molecule has 0 spiro atoms. The number of nitrogens with zero attached hydrogens (tertiary/aromatic N) is 1. The molecule has 0 unspecified atom stereocenters. The van der Waals surface area contributed by atoms with Crippen molar-refractivity contribution in [3.05, 3.63) is 97.0 Å². The minimum absolute atomic E-state index is 0.0928. The summed E-state index contributed by atoms with van der Waals surface area (Å²) in [6.45, 7) is 0.0928. The molecule has 3 aromatic carbocycles. The summed E-state index contributed by atoms with van der Waals surface area (Å²) in [5.41, 5.74) is 2.74. The first-order chi connectivity index (χ1) is 21.1. The zero-order chi connectivity index (χ0) is 30.7. The first-order valence-corrected chi connectivity index (χ1v) is 16.2. The number of hydrogen-bond acceptors (Lipinski definition) is 4. The molecule has 4 aliphatic carbocycles. The van der Waals surface area contributed by atoms with Crippen LogP contribution in [0.2, 0.25) is 20.1 Å². The maximum absolute atomic E-state index is 13.6. The summed E-state index contributed by atoms with van der Waals surface area (Å²) in [7, 11) is 0. The molecule has 3 aromatic rings. The van der Waals surface area contributed by atoms with Crippen molar-refractivity contribution in [3.8, 4) is 5.75 Å². The molecule has 10 heteroatoms. The number of rotatable bonds is 6. The second-order valence-electron chi connectivity index (χ2n) is 12.5. The zero-order valence-corrected chi connectivity index (χ0v) is 26.6. The van der Waals surface area contributed by atoms with Gasteiger partial charge in [0.15, 0.2) is 5.75 Å². The third-order valence-electron chi connectivity index (χ3n) is 9.60. The highest BCUT2D eigenvalue weighted by Gasteiger charge is 2.51. The van der Waals surface area contributed by atoms with Gasteiger partial charge in [0.2, 0.25) is 0 Å². The average Bonchev–Trinajstić information content (AvgIpc) is 2.95. The summed E-state index contributed by atoms with van der Waals surface area (Å²) < 4.78 is 5.83. The van der Waals surface area contributed by atoms with E-state index in [4.69, 9.17) is 51.1 Å². The van der Waals surface area contributed by atoms with Gasteiger partial charge >= 0.3 is 6.03 Å². The second-order valence-corrected chi connectivity index (χ2v) is 14.2. The van der Waals surface area contributed by atoms with E-state index in [1.165, 1.54) is 62.3 Å². The predicted molar refractivity (Wildman–Crippen MR) is 173 cm³/mol. The van der Waals surface area contributed by atoms with Crippen LogP contribution in [0.15, 0.2) is 60.2 Å². The molecule has 226 valence electrons. The lowest BCUT2D eigenvalue weighted by Crippen LogP contribution is -2.54. The van der Waals surface area contributed by atoms with Crippen LogP contribution in [0, 0.1) is 17.8 Å². The van der Waals surface area contributed by atoms with Crippen LogP contribution >= 0.6 is 46.4 Å². The standard InChI is InChI=1S/C34H28Cl4N2O4/c35-24-4-1-22(27(36)13-24)17-44-30-28(37)11-18(12-29(30)38)10-26-31(41)39-33(43)40(32(26)42)25-5-2-23(3-6-25)34-14-19-7-20(15-34)9-21(8-19)16-34/h1-6,10-13,19-21H,7-9,14-17H2,(H,39,41,43)/b26-10+. The van der Waals surface area contributed by atoms with Crippen molar-refractivity contribution in [1.82, 2.24) is 5.32 Å². The Hall–Kier alpha value is -3.03. The van der Waals surface area contributed by atoms with Gasteiger partial charge in [-0.05, 0) is 115 Å². The molecule has 4 amide bonds. The SMILES string of the molecule is O=C1NC(=O)N(c2ccc(C34CC5CC(CC(C5)C3)C4)cc2)C(=O)/C1=C/c1cc(Cl)c(OCc2ccc(Cl)cc2Cl)c(Cl)c1. The van der Waals surface area contributed by atoms with Crippen LogP contribution in [0.4, 0.5) is 10.5 Å². The number of imide groups is 2. The quantitative estimate of drug-likeness (QED) is 0.210. The van der Waals surface area contributed by atoms with Crippen molar-refractivity contribution in [2.24, 2.45) is 17.8 Å². The van der Waals surface area contributed by atoms with E-state index in [2.05, 4.69) is 17.4 Å². The Bertz CT molecular complexity index is 1680. The average molecular weight is 670 g/mol. The lowest BCUT2D eigenvalue weighted by molar-refractivity contribution is -0.122. The fourth-order valence-corrected chi connectivity index (χ4v) is 9.15. The van der Waals surface area contributed by atoms with Gasteiger partial charge in [0.25, 0.3) is 11.8 Å². The van der Waals surface area contributed by atoms with E-state index in [1.54, 1.807) is 18.2 Å². The molecule has 8 rings (SSSR count). The molecule has 4 saturated carbocycles. The normalized spacial score (nSPS) is 26.8. The summed E-state index contributed by atoms with van der Waals surface area (Å²) >= 11 is 25.2. The summed E-state index contributed by atoms with van der Waals surface area (Å²) in [6, 6.07) is 15.0. The van der Waals surface area contributed by atoms with Crippen molar-refractivity contribution < 1.29 is 19.1 Å². The second kappa shape index (κ2) is 11.4. The molecule has 1 aliphatic heterocycles. The van der Waals surface area contributed by atoms with E-state index in [9.17, 15) is 14.4 Å². The van der Waals surface area contributed by atoms with Crippen LogP contribution in [0.1, 0.15) is 55.2 Å². The highest BCUT2D eigenvalue weighted by Crippen LogP contribution is 2.60. The number of carbonyl (C=O) groups is 3. The van der Waals surface area contributed by atoms with E-state index in [0.717, 1.165) is 22.7 Å². The first kappa shape index (κ1) is 29.7. The van der Waals surface area contributed by atoms with E-state index in [0.29, 0.717) is 26.9 Å². The molecule has 6 nitrogen and oxygen atoms in total. The van der Waals surface area contributed by atoms with Gasteiger partial charge in [-0.3, -0.25) is 14.9 Å². The molecule has 44 heavy (non-hydrogen) atoms. The fraction of sp³-hybridized carbons (Fsp3) is 0.324. The number of anilines is 1. The third-order valence-corrected chi connectivity index (χ3v) is 10.7. The van der Waals surface area contributed by atoms with Gasteiger partial charge in [0.05, 0.1) is 15.7 Å². The predicted octanol–water partition coefficient (Wildman–Crippen LogP) is 9.01. The van der Waals surface area contributed by atoms with Gasteiger partial charge in [-0.15, -0.1) is 0 Å². The maximum Gasteiger partial charge on any atom is 0.335 e. The number of benzene rings is 3. The van der Waals surface area contributed by atoms with Crippen LogP contribution in [0.25, 0.3) is 6.08 Å². The number of nitrogens with one attached hydrogen (secondary N) is 1. The van der Waals surface area contributed by atoms with Crippen LogP contribution in [0.3, 0.4) is 0 Å². The lowest BCUT2D eigenvalue weighted by atomic mass is 9.48. The van der Waals surface area contributed by atoms with Crippen LogP contribution in [-0.2, 0) is 21.6 Å². The molecule has 4 bridgehead atoms. The minimum atomic E-state index is -0.800. The Morgan fingerprint density at radius 1 is 0.818 bits per heavy atom. The van der Waals surface area contributed by atoms with Crippen LogP contribution < -0.4 is 15.0 Å². The number of amides is 4. The Balaban J connectivity index is 1.11. The van der Waals surface area contributed by atoms with Crippen LogP contribution in [0.5, 0.6) is 5.75 Å². The third kappa shape index (κ3) is 5.40. The van der Waals surface area contributed by atoms with Gasteiger partial charge in [-0.2, -0.15) is 0 Å². The van der Waals surface area contributed by atoms with E-state index >= 15 is 0 Å². The van der Waals surface area contributed by atoms with Crippen molar-refractivity contribution in [3.63, 3.8) is 0 Å². The Kier molecular flexibility index (Phi) is 7.69. The highest BCUT2D eigenvalue weighted by molar-refractivity contribution is 6.40. The van der Waals surface area contributed by atoms with Crippen LogP contribution in [-0.4, -0.2) is 17.8 Å². The van der Waals surface area contributed by atoms with Crippen molar-refractivity contribution in [2.45, 2.75) is 50.5 Å². The number of halogens is 4. The van der Waals surface area contributed by atoms with E-state index < -0.39 is 17.8 Å². The molecule has 0 radical (unpaired) electrons. The highest BCUT2D eigenvalue weighted by atomic mass is 35.5. The summed E-state index contributed by atoms with van der Waals surface area (Å²) in [5.74, 6) is 1.10. The lowest BCUT2D eigenvalue weighted by Gasteiger charge is -2.57. The van der Waals surface area contributed by atoms with Gasteiger partial charge in [0.1, 0.15) is 12.2 Å².